The molecule has 2 unspecified atom stereocenters. The molecule has 0 saturated heterocycles. The molecule has 0 aromatic carbocycles. The standard InChI is InChI=1S/C13H23NO5S/c1-5-20(17,18)10-6-7-13(8-10,9-15)14-11(16)19-12(2,3)4/h9-10H,5-8H2,1-4H3,(H,14,16). The van der Waals surface area contributed by atoms with Crippen LogP contribution in [0.3, 0.4) is 0 Å². The molecule has 2 atom stereocenters. The number of carbonyl (C=O) groups is 2. The molecule has 0 spiro atoms. The first-order valence-electron chi connectivity index (χ1n) is 6.73. The van der Waals surface area contributed by atoms with E-state index in [0.29, 0.717) is 19.1 Å². The fourth-order valence-electron chi connectivity index (χ4n) is 2.33. The molecule has 1 N–H and O–H groups in total. The zero-order valence-electron chi connectivity index (χ0n) is 12.4. The molecule has 0 aromatic rings. The van der Waals surface area contributed by atoms with Crippen molar-refractivity contribution < 1.29 is 22.7 Å². The van der Waals surface area contributed by atoms with Gasteiger partial charge in [-0.1, -0.05) is 6.92 Å². The summed E-state index contributed by atoms with van der Waals surface area (Å²) < 4.78 is 28.8. The van der Waals surface area contributed by atoms with Crippen molar-refractivity contribution in [2.75, 3.05) is 5.75 Å². The number of carbonyl (C=O) groups excluding carboxylic acids is 2. The van der Waals surface area contributed by atoms with E-state index in [4.69, 9.17) is 4.74 Å². The minimum Gasteiger partial charge on any atom is -0.444 e. The average molecular weight is 305 g/mol. The molecular formula is C13H23NO5S. The van der Waals surface area contributed by atoms with Crippen molar-refractivity contribution in [1.82, 2.24) is 5.32 Å². The summed E-state index contributed by atoms with van der Waals surface area (Å²) in [5, 5.41) is 1.95. The number of alkyl carbamates (subject to hydrolysis) is 1. The van der Waals surface area contributed by atoms with E-state index < -0.39 is 32.3 Å². The molecule has 0 aromatic heterocycles. The highest BCUT2D eigenvalue weighted by atomic mass is 32.2. The number of amides is 1. The Morgan fingerprint density at radius 1 is 1.45 bits per heavy atom. The van der Waals surface area contributed by atoms with E-state index >= 15 is 0 Å². The summed E-state index contributed by atoms with van der Waals surface area (Å²) in [5.74, 6) is 0.0407. The fourth-order valence-corrected chi connectivity index (χ4v) is 3.83. The van der Waals surface area contributed by atoms with Crippen molar-refractivity contribution in [2.24, 2.45) is 0 Å². The Morgan fingerprint density at radius 2 is 2.05 bits per heavy atom. The number of hydrogen-bond donors (Lipinski definition) is 1. The largest absolute Gasteiger partial charge is 0.444 e. The number of nitrogens with one attached hydrogen (secondary N) is 1. The van der Waals surface area contributed by atoms with Crippen LogP contribution in [0.2, 0.25) is 0 Å². The highest BCUT2D eigenvalue weighted by Gasteiger charge is 2.45. The van der Waals surface area contributed by atoms with Gasteiger partial charge in [0.15, 0.2) is 9.84 Å². The van der Waals surface area contributed by atoms with Crippen molar-refractivity contribution in [3.05, 3.63) is 0 Å². The zero-order chi connectivity index (χ0) is 15.6. The van der Waals surface area contributed by atoms with Gasteiger partial charge in [0.2, 0.25) is 0 Å². The monoisotopic (exact) mass is 305 g/mol. The minimum atomic E-state index is -3.20. The molecule has 1 fully saturated rings. The lowest BCUT2D eigenvalue weighted by atomic mass is 10.0. The van der Waals surface area contributed by atoms with Gasteiger partial charge < -0.3 is 14.8 Å². The third-order valence-corrected chi connectivity index (χ3v) is 5.61. The normalized spacial score (nSPS) is 27.1. The van der Waals surface area contributed by atoms with Gasteiger partial charge in [0.1, 0.15) is 17.4 Å². The molecule has 1 saturated carbocycles. The van der Waals surface area contributed by atoms with Crippen molar-refractivity contribution in [3.63, 3.8) is 0 Å². The van der Waals surface area contributed by atoms with Gasteiger partial charge in [-0.3, -0.25) is 0 Å². The van der Waals surface area contributed by atoms with E-state index in [9.17, 15) is 18.0 Å². The Morgan fingerprint density at radius 3 is 2.50 bits per heavy atom. The number of ether oxygens (including phenoxy) is 1. The lowest BCUT2D eigenvalue weighted by Crippen LogP contribution is -2.50. The first kappa shape index (κ1) is 16.9. The van der Waals surface area contributed by atoms with Crippen LogP contribution in [0, 0.1) is 0 Å². The summed E-state index contributed by atoms with van der Waals surface area (Å²) in [6.07, 6.45) is 0.748. The molecule has 1 amide bonds. The lowest BCUT2D eigenvalue weighted by molar-refractivity contribution is -0.113. The highest BCUT2D eigenvalue weighted by Crippen LogP contribution is 2.33. The van der Waals surface area contributed by atoms with Crippen molar-refractivity contribution >= 4 is 22.2 Å². The predicted octanol–water partition coefficient (Wildman–Crippen LogP) is 1.44. The number of sulfone groups is 1. The van der Waals surface area contributed by atoms with Crippen LogP contribution in [0.15, 0.2) is 0 Å². The highest BCUT2D eigenvalue weighted by molar-refractivity contribution is 7.92. The van der Waals surface area contributed by atoms with Crippen LogP contribution in [0.4, 0.5) is 4.79 Å². The molecule has 0 aliphatic heterocycles. The molecule has 20 heavy (non-hydrogen) atoms. The van der Waals surface area contributed by atoms with Crippen molar-refractivity contribution in [1.29, 1.82) is 0 Å². The van der Waals surface area contributed by atoms with Crippen molar-refractivity contribution in [3.8, 4) is 0 Å². The SMILES string of the molecule is CCS(=O)(=O)C1CCC(C=O)(NC(=O)OC(C)(C)C)C1. The third kappa shape index (κ3) is 4.19. The van der Waals surface area contributed by atoms with Gasteiger partial charge >= 0.3 is 6.09 Å². The maximum absolute atomic E-state index is 11.9. The van der Waals surface area contributed by atoms with E-state index in [0.717, 1.165) is 0 Å². The Balaban J connectivity index is 2.77. The van der Waals surface area contributed by atoms with Crippen LogP contribution < -0.4 is 5.32 Å². The molecule has 6 nitrogen and oxygen atoms in total. The summed E-state index contributed by atoms with van der Waals surface area (Å²) in [5.41, 5.74) is -1.79. The number of hydrogen-bond acceptors (Lipinski definition) is 5. The van der Waals surface area contributed by atoms with Gasteiger partial charge in [-0.15, -0.1) is 0 Å². The van der Waals surface area contributed by atoms with Crippen LogP contribution in [-0.4, -0.2) is 42.9 Å². The summed E-state index contributed by atoms with van der Waals surface area (Å²) in [7, 11) is -3.20. The Labute approximate surface area is 120 Å². The molecule has 0 heterocycles. The predicted molar refractivity (Wildman–Crippen MR) is 75.3 cm³/mol. The molecule has 1 aliphatic carbocycles. The Bertz CT molecular complexity index is 479. The van der Waals surface area contributed by atoms with Crippen LogP contribution in [-0.2, 0) is 19.4 Å². The summed E-state index contributed by atoms with van der Waals surface area (Å²) >= 11 is 0. The topological polar surface area (TPSA) is 89.5 Å². The molecule has 1 rings (SSSR count). The summed E-state index contributed by atoms with van der Waals surface area (Å²) in [6.45, 7) is 6.75. The second-order valence-electron chi connectivity index (χ2n) is 6.22. The van der Waals surface area contributed by atoms with E-state index in [1.807, 2.05) is 0 Å². The molecule has 1 aliphatic rings. The quantitative estimate of drug-likeness (QED) is 0.794. The maximum Gasteiger partial charge on any atom is 0.408 e. The molecular weight excluding hydrogens is 282 g/mol. The van der Waals surface area contributed by atoms with Gasteiger partial charge in [-0.25, -0.2) is 13.2 Å². The van der Waals surface area contributed by atoms with E-state index in [1.54, 1.807) is 27.7 Å². The summed E-state index contributed by atoms with van der Waals surface area (Å²) in [4.78, 5) is 23.1. The average Bonchev–Trinajstić information content (AvgIpc) is 2.72. The van der Waals surface area contributed by atoms with Crippen LogP contribution in [0.5, 0.6) is 0 Å². The Hall–Kier alpha value is -1.11. The third-order valence-electron chi connectivity index (χ3n) is 3.39. The van der Waals surface area contributed by atoms with Crippen LogP contribution >= 0.6 is 0 Å². The second-order valence-corrected chi connectivity index (χ2v) is 8.79. The van der Waals surface area contributed by atoms with Gasteiger partial charge in [-0.05, 0) is 40.0 Å². The van der Waals surface area contributed by atoms with Gasteiger partial charge in [-0.2, -0.15) is 0 Å². The smallest absolute Gasteiger partial charge is 0.408 e. The molecule has 116 valence electrons. The first-order valence-corrected chi connectivity index (χ1v) is 8.44. The van der Waals surface area contributed by atoms with E-state index in [1.165, 1.54) is 0 Å². The minimum absolute atomic E-state index is 0.0407. The molecule has 7 heteroatoms. The van der Waals surface area contributed by atoms with Crippen LogP contribution in [0.1, 0.15) is 47.0 Å². The fraction of sp³-hybridized carbons (Fsp3) is 0.846. The van der Waals surface area contributed by atoms with Gasteiger partial charge in [0.25, 0.3) is 0 Å². The maximum atomic E-state index is 11.9. The van der Waals surface area contributed by atoms with Gasteiger partial charge in [0, 0.05) is 5.75 Å². The second kappa shape index (κ2) is 5.71. The Kier molecular flexibility index (Phi) is 4.84. The number of aldehydes is 1. The van der Waals surface area contributed by atoms with Crippen LogP contribution in [0.25, 0.3) is 0 Å². The van der Waals surface area contributed by atoms with Gasteiger partial charge in [0.05, 0.1) is 5.25 Å². The summed E-state index contributed by atoms with van der Waals surface area (Å²) in [6, 6.07) is 0. The molecule has 0 bridgehead atoms. The number of rotatable bonds is 4. The first-order chi connectivity index (χ1) is 9.03. The van der Waals surface area contributed by atoms with Crippen molar-refractivity contribution in [2.45, 2.75) is 63.3 Å². The van der Waals surface area contributed by atoms with E-state index in [-0.39, 0.29) is 12.2 Å². The molecule has 0 radical (unpaired) electrons. The lowest BCUT2D eigenvalue weighted by Gasteiger charge is -2.27. The zero-order valence-corrected chi connectivity index (χ0v) is 13.2. The van der Waals surface area contributed by atoms with E-state index in [2.05, 4.69) is 5.32 Å².